The molecule has 9 heteroatoms. The molecule has 3 fully saturated rings. The van der Waals surface area contributed by atoms with Gasteiger partial charge in [-0.25, -0.2) is 8.42 Å². The number of hydrogen-bond acceptors (Lipinski definition) is 5. The van der Waals surface area contributed by atoms with Crippen molar-refractivity contribution in [3.8, 4) is 0 Å². The molecule has 0 bridgehead atoms. The number of amides is 2. The Morgan fingerprint density at radius 2 is 2.00 bits per heavy atom. The van der Waals surface area contributed by atoms with Crippen LogP contribution < -0.4 is 5.32 Å². The third-order valence-corrected chi connectivity index (χ3v) is 8.40. The highest BCUT2D eigenvalue weighted by molar-refractivity contribution is 7.89. The lowest BCUT2D eigenvalue weighted by Crippen LogP contribution is -2.48. The van der Waals surface area contributed by atoms with Gasteiger partial charge in [0, 0.05) is 48.0 Å². The van der Waals surface area contributed by atoms with Crippen molar-refractivity contribution >= 4 is 38.3 Å². The number of carbonyl (C=O) groups excluding carboxylic acids is 2. The molecule has 2 amide bonds. The van der Waals surface area contributed by atoms with E-state index in [4.69, 9.17) is 4.74 Å². The predicted octanol–water partition coefficient (Wildman–Crippen LogP) is 1.13. The average molecular weight is 399 g/mol. The van der Waals surface area contributed by atoms with Crippen LogP contribution in [0.1, 0.15) is 23.2 Å². The van der Waals surface area contributed by atoms with E-state index >= 15 is 0 Å². The number of rotatable bonds is 2. The van der Waals surface area contributed by atoms with Crippen LogP contribution in [0, 0.1) is 0 Å². The van der Waals surface area contributed by atoms with Crippen molar-refractivity contribution in [2.75, 3.05) is 25.0 Å². The molecule has 0 aromatic heterocycles. The van der Waals surface area contributed by atoms with E-state index in [0.717, 1.165) is 0 Å². The number of nitrogens with one attached hydrogen (secondary N) is 1. The Bertz CT molecular complexity index is 1190. The Kier molecular flexibility index (Phi) is 3.00. The van der Waals surface area contributed by atoms with Gasteiger partial charge in [0.15, 0.2) is 5.72 Å². The van der Waals surface area contributed by atoms with Crippen LogP contribution in [0.3, 0.4) is 0 Å². The molecule has 8 nitrogen and oxygen atoms in total. The van der Waals surface area contributed by atoms with Gasteiger partial charge < -0.3 is 15.0 Å². The Morgan fingerprint density at radius 1 is 1.14 bits per heavy atom. The first-order valence-electron chi connectivity index (χ1n) is 9.27. The van der Waals surface area contributed by atoms with Gasteiger partial charge in [0.2, 0.25) is 15.9 Å². The molecule has 144 valence electrons. The number of sulfonamides is 1. The maximum absolute atomic E-state index is 13.6. The SMILES string of the molecule is O=C1Nc2ccc(S(=O)(=O)N3CC[C@@]45OCCN4C(=O)C[C@@H]35)c3cccc1c23. The molecule has 28 heavy (non-hydrogen) atoms. The molecular formula is C19H17N3O5S. The van der Waals surface area contributed by atoms with Crippen molar-refractivity contribution in [1.29, 1.82) is 0 Å². The number of nitrogens with zero attached hydrogens (tertiary/aromatic N) is 2. The van der Waals surface area contributed by atoms with Gasteiger partial charge in [0.25, 0.3) is 5.91 Å². The fraction of sp³-hybridized carbons (Fsp3) is 0.368. The Balaban J connectivity index is 1.51. The summed E-state index contributed by atoms with van der Waals surface area (Å²) in [6.07, 6.45) is 0.616. The molecule has 2 aromatic carbocycles. The average Bonchev–Trinajstić information content (AvgIpc) is 3.38. The van der Waals surface area contributed by atoms with Gasteiger partial charge in [-0.2, -0.15) is 4.31 Å². The molecule has 0 saturated carbocycles. The van der Waals surface area contributed by atoms with E-state index in [-0.39, 0.29) is 23.1 Å². The number of hydrogen-bond donors (Lipinski definition) is 1. The van der Waals surface area contributed by atoms with Crippen molar-refractivity contribution in [2.24, 2.45) is 0 Å². The van der Waals surface area contributed by atoms with Crippen LogP contribution in [0.25, 0.3) is 10.8 Å². The zero-order chi connectivity index (χ0) is 19.3. The van der Waals surface area contributed by atoms with Gasteiger partial charge in [-0.3, -0.25) is 9.59 Å². The zero-order valence-corrected chi connectivity index (χ0v) is 15.7. The lowest BCUT2D eigenvalue weighted by molar-refractivity contribution is -0.136. The second-order valence-corrected chi connectivity index (χ2v) is 9.48. The number of carbonyl (C=O) groups is 2. The molecule has 2 aromatic rings. The minimum atomic E-state index is -3.87. The van der Waals surface area contributed by atoms with Crippen LogP contribution in [0.15, 0.2) is 35.2 Å². The highest BCUT2D eigenvalue weighted by atomic mass is 32.2. The molecule has 2 atom stereocenters. The topological polar surface area (TPSA) is 96.0 Å². The maximum atomic E-state index is 13.6. The Hall–Kier alpha value is -2.49. The normalized spacial score (nSPS) is 28.9. The van der Waals surface area contributed by atoms with Crippen LogP contribution in [-0.2, 0) is 19.6 Å². The third-order valence-electron chi connectivity index (χ3n) is 6.43. The van der Waals surface area contributed by atoms with E-state index in [1.807, 2.05) is 0 Å². The molecule has 0 aliphatic carbocycles. The molecule has 1 spiro atoms. The van der Waals surface area contributed by atoms with Crippen LogP contribution in [0.4, 0.5) is 5.69 Å². The molecule has 4 heterocycles. The summed E-state index contributed by atoms with van der Waals surface area (Å²) in [6, 6.07) is 7.76. The lowest BCUT2D eigenvalue weighted by atomic mass is 10.1. The summed E-state index contributed by atoms with van der Waals surface area (Å²) >= 11 is 0. The lowest BCUT2D eigenvalue weighted by Gasteiger charge is -2.31. The van der Waals surface area contributed by atoms with Gasteiger partial charge in [-0.15, -0.1) is 0 Å². The fourth-order valence-electron chi connectivity index (χ4n) is 5.26. The van der Waals surface area contributed by atoms with Crippen molar-refractivity contribution in [1.82, 2.24) is 9.21 Å². The summed E-state index contributed by atoms with van der Waals surface area (Å²) in [4.78, 5) is 26.4. The van der Waals surface area contributed by atoms with E-state index in [0.29, 0.717) is 48.1 Å². The highest BCUT2D eigenvalue weighted by Gasteiger charge is 2.64. The number of ether oxygens (including phenoxy) is 1. The van der Waals surface area contributed by atoms with Gasteiger partial charge in [0.1, 0.15) is 0 Å². The molecule has 4 aliphatic heterocycles. The van der Waals surface area contributed by atoms with Crippen molar-refractivity contribution < 1.29 is 22.7 Å². The quantitative estimate of drug-likeness (QED) is 0.817. The van der Waals surface area contributed by atoms with Crippen molar-refractivity contribution in [2.45, 2.75) is 29.5 Å². The van der Waals surface area contributed by atoms with Crippen LogP contribution >= 0.6 is 0 Å². The summed E-state index contributed by atoms with van der Waals surface area (Å²) in [5, 5.41) is 3.92. The molecule has 0 unspecified atom stereocenters. The maximum Gasteiger partial charge on any atom is 0.256 e. The van der Waals surface area contributed by atoms with Crippen molar-refractivity contribution in [3.63, 3.8) is 0 Å². The fourth-order valence-corrected chi connectivity index (χ4v) is 7.10. The summed E-state index contributed by atoms with van der Waals surface area (Å²) < 4.78 is 34.6. The predicted molar refractivity (Wildman–Crippen MR) is 99.2 cm³/mol. The summed E-state index contributed by atoms with van der Waals surface area (Å²) in [5.74, 6) is -0.288. The first-order chi connectivity index (χ1) is 13.4. The molecule has 6 rings (SSSR count). The second kappa shape index (κ2) is 5.11. The van der Waals surface area contributed by atoms with E-state index < -0.39 is 21.8 Å². The molecular weight excluding hydrogens is 382 g/mol. The summed E-state index contributed by atoms with van der Waals surface area (Å²) in [7, 11) is -3.87. The summed E-state index contributed by atoms with van der Waals surface area (Å²) in [6.45, 7) is 1.25. The molecule has 4 aliphatic rings. The summed E-state index contributed by atoms with van der Waals surface area (Å²) in [5.41, 5.74) is 0.272. The van der Waals surface area contributed by atoms with E-state index in [1.165, 1.54) is 10.4 Å². The zero-order valence-electron chi connectivity index (χ0n) is 14.8. The van der Waals surface area contributed by atoms with Gasteiger partial charge in [-0.05, 0) is 18.2 Å². The van der Waals surface area contributed by atoms with Gasteiger partial charge >= 0.3 is 0 Å². The largest absolute Gasteiger partial charge is 0.352 e. The van der Waals surface area contributed by atoms with E-state index in [1.54, 1.807) is 29.2 Å². The van der Waals surface area contributed by atoms with Crippen LogP contribution in [-0.4, -0.2) is 60.9 Å². The monoisotopic (exact) mass is 399 g/mol. The molecule has 0 radical (unpaired) electrons. The smallest absolute Gasteiger partial charge is 0.256 e. The minimum absolute atomic E-state index is 0.0578. The molecule has 3 saturated heterocycles. The van der Waals surface area contributed by atoms with Crippen molar-refractivity contribution in [3.05, 3.63) is 35.9 Å². The standard InChI is InChI=1S/C19H17N3O5S/c23-16-10-15-19(21(16)8-9-27-19)6-7-22(15)28(25,26)14-5-4-13-17-11(14)2-1-3-12(17)18(24)20-13/h1-5,15H,6-10H2,(H,20,24)/t15-,19+/m1/s1. The second-order valence-electron chi connectivity index (χ2n) is 7.62. The third kappa shape index (κ3) is 1.79. The van der Waals surface area contributed by atoms with Gasteiger partial charge in [0.05, 0.1) is 17.5 Å². The number of anilines is 1. The highest BCUT2D eigenvalue weighted by Crippen LogP contribution is 2.48. The van der Waals surface area contributed by atoms with E-state index in [2.05, 4.69) is 5.32 Å². The van der Waals surface area contributed by atoms with Crippen LogP contribution in [0.2, 0.25) is 0 Å². The molecule has 1 N–H and O–H groups in total. The van der Waals surface area contributed by atoms with E-state index in [9.17, 15) is 18.0 Å². The number of benzene rings is 2. The first kappa shape index (κ1) is 16.5. The first-order valence-corrected chi connectivity index (χ1v) is 10.7. The minimum Gasteiger partial charge on any atom is -0.352 e. The van der Waals surface area contributed by atoms with Gasteiger partial charge in [-0.1, -0.05) is 12.1 Å². The Labute approximate surface area is 161 Å². The van der Waals surface area contributed by atoms with Crippen LogP contribution in [0.5, 0.6) is 0 Å². The Morgan fingerprint density at radius 3 is 2.86 bits per heavy atom.